The number of para-hydroxylation sites is 1. The number of furan rings is 1. The standard InChI is InChI=1S/C23H23BrO5/c1-2-26-22(25)9-16-5-3-4-6-20(16)28-13-17-14-29-23-19(17)10-18(24)11-21(23)27-12-15-7-8-15/h3-6,10-11,14-15H,2,7-9,12-13H2,1H3. The molecule has 3 aromatic rings. The number of rotatable bonds is 9. The first kappa shape index (κ1) is 19.8. The van der Waals surface area contributed by atoms with Crippen LogP contribution < -0.4 is 9.47 Å². The van der Waals surface area contributed by atoms with E-state index in [-0.39, 0.29) is 12.4 Å². The molecule has 6 heteroatoms. The van der Waals surface area contributed by atoms with Crippen molar-refractivity contribution >= 4 is 32.9 Å². The normalized spacial score (nSPS) is 13.4. The van der Waals surface area contributed by atoms with Gasteiger partial charge in [-0.15, -0.1) is 0 Å². The molecule has 4 rings (SSSR count). The Bertz CT molecular complexity index is 1010. The van der Waals surface area contributed by atoms with E-state index in [1.54, 1.807) is 13.2 Å². The summed E-state index contributed by atoms with van der Waals surface area (Å²) in [6.45, 7) is 3.21. The van der Waals surface area contributed by atoms with Gasteiger partial charge in [-0.1, -0.05) is 34.1 Å². The van der Waals surface area contributed by atoms with Gasteiger partial charge in [0.1, 0.15) is 12.4 Å². The van der Waals surface area contributed by atoms with Crippen molar-refractivity contribution < 1.29 is 23.4 Å². The first-order chi connectivity index (χ1) is 14.1. The van der Waals surface area contributed by atoms with Crippen LogP contribution in [-0.2, 0) is 22.6 Å². The Kier molecular flexibility index (Phi) is 6.09. The fourth-order valence-electron chi connectivity index (χ4n) is 3.15. The average Bonchev–Trinajstić information content (AvgIpc) is 3.45. The molecular weight excluding hydrogens is 436 g/mol. The molecule has 1 aliphatic carbocycles. The second-order valence-electron chi connectivity index (χ2n) is 7.17. The van der Waals surface area contributed by atoms with E-state index in [1.165, 1.54) is 12.8 Å². The zero-order valence-electron chi connectivity index (χ0n) is 16.3. The Balaban J connectivity index is 1.51. The topological polar surface area (TPSA) is 57.9 Å². The van der Waals surface area contributed by atoms with Gasteiger partial charge >= 0.3 is 5.97 Å². The highest BCUT2D eigenvalue weighted by Gasteiger charge is 2.23. The Morgan fingerprint density at radius 2 is 1.97 bits per heavy atom. The van der Waals surface area contributed by atoms with Gasteiger partial charge in [-0.2, -0.15) is 0 Å². The van der Waals surface area contributed by atoms with Crippen LogP contribution in [0.2, 0.25) is 0 Å². The summed E-state index contributed by atoms with van der Waals surface area (Å²) >= 11 is 3.56. The number of hydrogen-bond acceptors (Lipinski definition) is 5. The number of ether oxygens (including phenoxy) is 3. The summed E-state index contributed by atoms with van der Waals surface area (Å²) < 4.78 is 23.8. The summed E-state index contributed by atoms with van der Waals surface area (Å²) in [6, 6.07) is 11.4. The molecule has 1 saturated carbocycles. The third-order valence-corrected chi connectivity index (χ3v) is 5.31. The van der Waals surface area contributed by atoms with E-state index in [2.05, 4.69) is 15.9 Å². The lowest BCUT2D eigenvalue weighted by Crippen LogP contribution is -2.09. The maximum atomic E-state index is 11.8. The fourth-order valence-corrected chi connectivity index (χ4v) is 3.58. The van der Waals surface area contributed by atoms with Crippen LogP contribution in [0.15, 0.2) is 51.6 Å². The summed E-state index contributed by atoms with van der Waals surface area (Å²) in [7, 11) is 0. The molecule has 0 saturated heterocycles. The second-order valence-corrected chi connectivity index (χ2v) is 8.09. The number of esters is 1. The Hall–Kier alpha value is -2.47. The molecule has 1 heterocycles. The molecule has 1 fully saturated rings. The van der Waals surface area contributed by atoms with Gasteiger partial charge in [0.05, 0.1) is 25.9 Å². The SMILES string of the molecule is CCOC(=O)Cc1ccccc1OCc1coc2c(OCC3CC3)cc(Br)cc12. The van der Waals surface area contributed by atoms with Crippen LogP contribution in [0.25, 0.3) is 11.0 Å². The molecule has 29 heavy (non-hydrogen) atoms. The van der Waals surface area contributed by atoms with Crippen molar-refractivity contribution in [3.63, 3.8) is 0 Å². The second kappa shape index (κ2) is 8.91. The first-order valence-corrected chi connectivity index (χ1v) is 10.6. The summed E-state index contributed by atoms with van der Waals surface area (Å²) in [5, 5.41) is 0.952. The van der Waals surface area contributed by atoms with Crippen LogP contribution in [0.4, 0.5) is 0 Å². The highest BCUT2D eigenvalue weighted by molar-refractivity contribution is 9.10. The average molecular weight is 459 g/mol. The zero-order valence-corrected chi connectivity index (χ0v) is 17.9. The van der Waals surface area contributed by atoms with Crippen molar-refractivity contribution in [2.45, 2.75) is 32.8 Å². The summed E-state index contributed by atoms with van der Waals surface area (Å²) in [4.78, 5) is 11.8. The van der Waals surface area contributed by atoms with Crippen LogP contribution in [-0.4, -0.2) is 19.2 Å². The van der Waals surface area contributed by atoms with Crippen LogP contribution in [0.5, 0.6) is 11.5 Å². The molecule has 5 nitrogen and oxygen atoms in total. The summed E-state index contributed by atoms with van der Waals surface area (Å²) in [5.74, 6) is 1.81. The Morgan fingerprint density at radius 1 is 1.14 bits per heavy atom. The molecule has 0 N–H and O–H groups in total. The molecule has 2 aromatic carbocycles. The molecule has 0 unspecified atom stereocenters. The molecule has 0 spiro atoms. The Morgan fingerprint density at radius 3 is 2.76 bits per heavy atom. The molecule has 0 radical (unpaired) electrons. The molecule has 0 amide bonds. The van der Waals surface area contributed by atoms with Crippen molar-refractivity contribution in [2.24, 2.45) is 5.92 Å². The monoisotopic (exact) mass is 458 g/mol. The van der Waals surface area contributed by atoms with E-state index in [9.17, 15) is 4.79 Å². The van der Waals surface area contributed by atoms with E-state index in [0.29, 0.717) is 24.9 Å². The Labute approximate surface area is 178 Å². The van der Waals surface area contributed by atoms with Gasteiger partial charge < -0.3 is 18.6 Å². The minimum atomic E-state index is -0.265. The van der Waals surface area contributed by atoms with Gasteiger partial charge in [0.25, 0.3) is 0 Å². The number of carbonyl (C=O) groups excluding carboxylic acids is 1. The van der Waals surface area contributed by atoms with Crippen molar-refractivity contribution in [2.75, 3.05) is 13.2 Å². The minimum Gasteiger partial charge on any atom is -0.489 e. The van der Waals surface area contributed by atoms with Gasteiger partial charge in [-0.3, -0.25) is 4.79 Å². The lowest BCUT2D eigenvalue weighted by molar-refractivity contribution is -0.142. The number of fused-ring (bicyclic) bond motifs is 1. The van der Waals surface area contributed by atoms with E-state index in [1.807, 2.05) is 36.4 Å². The quantitative estimate of drug-likeness (QED) is 0.386. The van der Waals surface area contributed by atoms with E-state index in [0.717, 1.165) is 38.9 Å². The molecule has 1 aliphatic rings. The van der Waals surface area contributed by atoms with Crippen LogP contribution in [0.1, 0.15) is 30.9 Å². The molecule has 1 aromatic heterocycles. The maximum Gasteiger partial charge on any atom is 0.310 e. The van der Waals surface area contributed by atoms with Gasteiger partial charge in [-0.05, 0) is 43.9 Å². The largest absolute Gasteiger partial charge is 0.489 e. The highest BCUT2D eigenvalue weighted by atomic mass is 79.9. The molecule has 0 aliphatic heterocycles. The van der Waals surface area contributed by atoms with Crippen LogP contribution >= 0.6 is 15.9 Å². The first-order valence-electron chi connectivity index (χ1n) is 9.82. The molecule has 0 atom stereocenters. The van der Waals surface area contributed by atoms with E-state index < -0.39 is 0 Å². The predicted molar refractivity (Wildman–Crippen MR) is 113 cm³/mol. The minimum absolute atomic E-state index is 0.181. The van der Waals surface area contributed by atoms with Gasteiger partial charge in [0.2, 0.25) is 0 Å². The predicted octanol–water partition coefficient (Wildman–Crippen LogP) is 5.67. The third kappa shape index (κ3) is 4.93. The molecule has 152 valence electrons. The summed E-state index contributed by atoms with van der Waals surface area (Å²) in [5.41, 5.74) is 2.45. The smallest absolute Gasteiger partial charge is 0.310 e. The third-order valence-electron chi connectivity index (χ3n) is 4.85. The summed E-state index contributed by atoms with van der Waals surface area (Å²) in [6.07, 6.45) is 4.36. The van der Waals surface area contributed by atoms with Crippen molar-refractivity contribution in [1.29, 1.82) is 0 Å². The lowest BCUT2D eigenvalue weighted by atomic mass is 10.1. The van der Waals surface area contributed by atoms with Gasteiger partial charge in [0, 0.05) is 21.0 Å². The van der Waals surface area contributed by atoms with Gasteiger partial charge in [0.15, 0.2) is 11.3 Å². The van der Waals surface area contributed by atoms with Crippen molar-refractivity contribution in [3.05, 3.63) is 58.3 Å². The number of hydrogen-bond donors (Lipinski definition) is 0. The van der Waals surface area contributed by atoms with Gasteiger partial charge in [-0.25, -0.2) is 0 Å². The van der Waals surface area contributed by atoms with E-state index >= 15 is 0 Å². The van der Waals surface area contributed by atoms with Crippen molar-refractivity contribution in [1.82, 2.24) is 0 Å². The zero-order chi connectivity index (χ0) is 20.2. The lowest BCUT2D eigenvalue weighted by Gasteiger charge is -2.11. The molecule has 0 bridgehead atoms. The van der Waals surface area contributed by atoms with E-state index in [4.69, 9.17) is 18.6 Å². The number of benzene rings is 2. The van der Waals surface area contributed by atoms with Crippen LogP contribution in [0, 0.1) is 5.92 Å². The van der Waals surface area contributed by atoms with Crippen LogP contribution in [0.3, 0.4) is 0 Å². The number of carbonyl (C=O) groups is 1. The number of halogens is 1. The maximum absolute atomic E-state index is 11.8. The highest BCUT2D eigenvalue weighted by Crippen LogP contribution is 2.36. The van der Waals surface area contributed by atoms with Crippen molar-refractivity contribution in [3.8, 4) is 11.5 Å². The fraction of sp³-hybridized carbons (Fsp3) is 0.348. The molecular formula is C23H23BrO5.